The Morgan fingerprint density at radius 3 is 2.80 bits per heavy atom. The van der Waals surface area contributed by atoms with E-state index in [9.17, 15) is 9.59 Å². The number of hydrogen-bond acceptors (Lipinski definition) is 3. The smallest absolute Gasteiger partial charge is 0.409 e. The van der Waals surface area contributed by atoms with Crippen LogP contribution in [0.25, 0.3) is 0 Å². The number of amides is 2. The van der Waals surface area contributed by atoms with E-state index in [-0.39, 0.29) is 12.0 Å². The second kappa shape index (κ2) is 6.81. The summed E-state index contributed by atoms with van der Waals surface area (Å²) in [5.74, 6) is -0.215. The van der Waals surface area contributed by atoms with Crippen LogP contribution >= 0.6 is 23.2 Å². The first-order chi connectivity index (χ1) is 9.58. The number of benzene rings is 1. The summed E-state index contributed by atoms with van der Waals surface area (Å²) in [4.78, 5) is 24.6. The third-order valence-electron chi connectivity index (χ3n) is 2.92. The maximum Gasteiger partial charge on any atom is 0.409 e. The van der Waals surface area contributed by atoms with Crippen molar-refractivity contribution in [3.63, 3.8) is 0 Å². The molecule has 0 unspecified atom stereocenters. The van der Waals surface area contributed by atoms with Crippen LogP contribution in [0.1, 0.15) is 16.8 Å². The normalized spacial score (nSPS) is 14.3. The highest BCUT2D eigenvalue weighted by molar-refractivity contribution is 6.42. The SMILES string of the molecule is O=C(NCCCN1CCOC1=O)c1ccc(Cl)c(Cl)c1. The van der Waals surface area contributed by atoms with Gasteiger partial charge in [0.2, 0.25) is 0 Å². The minimum Gasteiger partial charge on any atom is -0.448 e. The Morgan fingerprint density at radius 1 is 1.35 bits per heavy atom. The van der Waals surface area contributed by atoms with Crippen molar-refractivity contribution in [1.29, 1.82) is 0 Å². The van der Waals surface area contributed by atoms with Crippen molar-refractivity contribution >= 4 is 35.2 Å². The number of ether oxygens (including phenoxy) is 1. The van der Waals surface area contributed by atoms with Crippen LogP contribution in [0, 0.1) is 0 Å². The molecule has 1 aromatic carbocycles. The predicted molar refractivity (Wildman–Crippen MR) is 76.3 cm³/mol. The van der Waals surface area contributed by atoms with Gasteiger partial charge in [-0.15, -0.1) is 0 Å². The zero-order chi connectivity index (χ0) is 14.5. The van der Waals surface area contributed by atoms with Gasteiger partial charge in [-0.25, -0.2) is 4.79 Å². The molecule has 2 rings (SSSR count). The Kier molecular flexibility index (Phi) is 5.09. The Bertz CT molecular complexity index is 522. The van der Waals surface area contributed by atoms with E-state index in [0.29, 0.717) is 48.3 Å². The molecular formula is C13H14Cl2N2O3. The highest BCUT2D eigenvalue weighted by atomic mass is 35.5. The molecule has 0 spiro atoms. The summed E-state index contributed by atoms with van der Waals surface area (Å²) in [6, 6.07) is 4.72. The van der Waals surface area contributed by atoms with Crippen molar-refractivity contribution < 1.29 is 14.3 Å². The largest absolute Gasteiger partial charge is 0.448 e. The molecule has 1 aliphatic heterocycles. The lowest BCUT2D eigenvalue weighted by atomic mass is 10.2. The van der Waals surface area contributed by atoms with Gasteiger partial charge in [-0.3, -0.25) is 4.79 Å². The van der Waals surface area contributed by atoms with Crippen molar-refractivity contribution in [2.24, 2.45) is 0 Å². The topological polar surface area (TPSA) is 58.6 Å². The van der Waals surface area contributed by atoms with E-state index in [1.165, 1.54) is 6.07 Å². The lowest BCUT2D eigenvalue weighted by Gasteiger charge is -2.12. The Balaban J connectivity index is 1.74. The highest BCUT2D eigenvalue weighted by Gasteiger charge is 2.20. The van der Waals surface area contributed by atoms with Gasteiger partial charge in [-0.1, -0.05) is 23.2 Å². The summed E-state index contributed by atoms with van der Waals surface area (Å²) in [7, 11) is 0. The maximum atomic E-state index is 11.9. The van der Waals surface area contributed by atoms with Gasteiger partial charge in [-0.05, 0) is 24.6 Å². The van der Waals surface area contributed by atoms with Crippen LogP contribution in [-0.4, -0.2) is 43.1 Å². The van der Waals surface area contributed by atoms with E-state index in [4.69, 9.17) is 27.9 Å². The van der Waals surface area contributed by atoms with Crippen LogP contribution in [0.5, 0.6) is 0 Å². The zero-order valence-electron chi connectivity index (χ0n) is 10.7. The number of carbonyl (C=O) groups excluding carboxylic acids is 2. The summed E-state index contributed by atoms with van der Waals surface area (Å²) >= 11 is 11.6. The van der Waals surface area contributed by atoms with Crippen molar-refractivity contribution in [3.05, 3.63) is 33.8 Å². The molecule has 1 aromatic rings. The number of rotatable bonds is 5. The minimum absolute atomic E-state index is 0.215. The molecule has 0 aliphatic carbocycles. The van der Waals surface area contributed by atoms with Crippen LogP contribution in [-0.2, 0) is 4.74 Å². The number of carbonyl (C=O) groups is 2. The van der Waals surface area contributed by atoms with Gasteiger partial charge in [-0.2, -0.15) is 0 Å². The molecule has 2 amide bonds. The van der Waals surface area contributed by atoms with Crippen LogP contribution in [0.15, 0.2) is 18.2 Å². The second-order valence-corrected chi connectivity index (χ2v) is 5.15. The third-order valence-corrected chi connectivity index (χ3v) is 3.66. The molecule has 0 bridgehead atoms. The Labute approximate surface area is 126 Å². The van der Waals surface area contributed by atoms with Crippen molar-refractivity contribution in [1.82, 2.24) is 10.2 Å². The van der Waals surface area contributed by atoms with Crippen molar-refractivity contribution in [2.75, 3.05) is 26.2 Å². The Hall–Kier alpha value is -1.46. The van der Waals surface area contributed by atoms with Crippen molar-refractivity contribution in [2.45, 2.75) is 6.42 Å². The van der Waals surface area contributed by atoms with Gasteiger partial charge in [0.1, 0.15) is 6.61 Å². The van der Waals surface area contributed by atoms with Crippen LogP contribution in [0.2, 0.25) is 10.0 Å². The average Bonchev–Trinajstić information content (AvgIpc) is 2.83. The number of cyclic esters (lactones) is 1. The fourth-order valence-electron chi connectivity index (χ4n) is 1.84. The predicted octanol–water partition coefficient (Wildman–Crippen LogP) is 2.57. The second-order valence-electron chi connectivity index (χ2n) is 4.34. The first-order valence-electron chi connectivity index (χ1n) is 6.23. The number of nitrogens with zero attached hydrogens (tertiary/aromatic N) is 1. The molecule has 1 fully saturated rings. The molecule has 0 radical (unpaired) electrons. The lowest BCUT2D eigenvalue weighted by Crippen LogP contribution is -2.30. The zero-order valence-corrected chi connectivity index (χ0v) is 12.2. The fraction of sp³-hybridized carbons (Fsp3) is 0.385. The molecule has 1 heterocycles. The molecule has 1 N–H and O–H groups in total. The average molecular weight is 317 g/mol. The number of nitrogens with one attached hydrogen (secondary N) is 1. The summed E-state index contributed by atoms with van der Waals surface area (Å²) in [5, 5.41) is 3.52. The van der Waals surface area contributed by atoms with E-state index in [1.54, 1.807) is 17.0 Å². The summed E-state index contributed by atoms with van der Waals surface area (Å²) < 4.78 is 4.81. The van der Waals surface area contributed by atoms with Gasteiger partial charge in [0.25, 0.3) is 5.91 Å². The lowest BCUT2D eigenvalue weighted by molar-refractivity contribution is 0.0952. The molecule has 0 atom stereocenters. The Morgan fingerprint density at radius 2 is 2.15 bits per heavy atom. The molecule has 7 heteroatoms. The van der Waals surface area contributed by atoms with E-state index in [2.05, 4.69) is 5.32 Å². The van der Waals surface area contributed by atoms with Gasteiger partial charge in [0.15, 0.2) is 0 Å². The molecule has 20 heavy (non-hydrogen) atoms. The first-order valence-corrected chi connectivity index (χ1v) is 6.98. The number of hydrogen-bond donors (Lipinski definition) is 1. The fourth-order valence-corrected chi connectivity index (χ4v) is 2.14. The van der Waals surface area contributed by atoms with E-state index >= 15 is 0 Å². The van der Waals surface area contributed by atoms with Crippen LogP contribution in [0.4, 0.5) is 4.79 Å². The van der Waals surface area contributed by atoms with E-state index in [1.807, 2.05) is 0 Å². The van der Waals surface area contributed by atoms with E-state index in [0.717, 1.165) is 0 Å². The minimum atomic E-state index is -0.291. The standard InChI is InChI=1S/C13H14Cl2N2O3/c14-10-3-2-9(8-11(10)15)12(18)16-4-1-5-17-6-7-20-13(17)19/h2-3,8H,1,4-7H2,(H,16,18). The van der Waals surface area contributed by atoms with Gasteiger partial charge >= 0.3 is 6.09 Å². The molecule has 1 aliphatic rings. The maximum absolute atomic E-state index is 11.9. The molecule has 5 nitrogen and oxygen atoms in total. The molecule has 0 saturated carbocycles. The summed E-state index contributed by atoms with van der Waals surface area (Å²) in [6.07, 6.45) is 0.378. The third kappa shape index (κ3) is 3.77. The molecule has 0 aromatic heterocycles. The van der Waals surface area contributed by atoms with E-state index < -0.39 is 0 Å². The molecule has 1 saturated heterocycles. The van der Waals surface area contributed by atoms with Gasteiger partial charge in [0, 0.05) is 18.7 Å². The van der Waals surface area contributed by atoms with Gasteiger partial charge < -0.3 is 15.0 Å². The summed E-state index contributed by atoms with van der Waals surface area (Å²) in [6.45, 7) is 2.09. The molecule has 108 valence electrons. The molecular weight excluding hydrogens is 303 g/mol. The quantitative estimate of drug-likeness (QED) is 0.849. The number of halogens is 2. The monoisotopic (exact) mass is 316 g/mol. The summed E-state index contributed by atoms with van der Waals surface area (Å²) in [5.41, 5.74) is 0.458. The highest BCUT2D eigenvalue weighted by Crippen LogP contribution is 2.22. The van der Waals surface area contributed by atoms with Crippen molar-refractivity contribution in [3.8, 4) is 0 Å². The van der Waals surface area contributed by atoms with Crippen LogP contribution < -0.4 is 5.32 Å². The van der Waals surface area contributed by atoms with Crippen LogP contribution in [0.3, 0.4) is 0 Å². The first kappa shape index (κ1) is 14.9. The van der Waals surface area contributed by atoms with Gasteiger partial charge in [0.05, 0.1) is 16.6 Å².